The van der Waals surface area contributed by atoms with Crippen molar-refractivity contribution in [1.29, 1.82) is 0 Å². The Morgan fingerprint density at radius 3 is 2.75 bits per heavy atom. The Balaban J connectivity index is 1.95. The van der Waals surface area contributed by atoms with E-state index in [9.17, 15) is 14.3 Å². The van der Waals surface area contributed by atoms with Gasteiger partial charge in [0.2, 0.25) is 11.6 Å². The molecule has 1 aliphatic rings. The first-order valence-electron chi connectivity index (χ1n) is 8.31. The average Bonchev–Trinajstić information content (AvgIpc) is 3.16. The van der Waals surface area contributed by atoms with E-state index in [4.69, 9.17) is 0 Å². The van der Waals surface area contributed by atoms with Crippen molar-refractivity contribution in [2.75, 3.05) is 6.61 Å². The van der Waals surface area contributed by atoms with Crippen molar-refractivity contribution in [2.24, 2.45) is 5.41 Å². The molecule has 0 radical (unpaired) electrons. The molecule has 0 bridgehead atoms. The number of rotatable bonds is 6. The predicted octanol–water partition coefficient (Wildman–Crippen LogP) is 3.26. The van der Waals surface area contributed by atoms with Gasteiger partial charge in [-0.25, -0.2) is 14.1 Å². The second kappa shape index (κ2) is 6.43. The van der Waals surface area contributed by atoms with Crippen LogP contribution >= 0.6 is 0 Å². The molecule has 3 atom stereocenters. The van der Waals surface area contributed by atoms with Crippen LogP contribution in [0.25, 0.3) is 0 Å². The number of hydrogen-bond acceptors (Lipinski definition) is 4. The highest BCUT2D eigenvalue weighted by atomic mass is 19.1. The van der Waals surface area contributed by atoms with Gasteiger partial charge in [0.05, 0.1) is 6.04 Å². The Kier molecular flexibility index (Phi) is 4.49. The number of benzene rings is 1. The molecule has 1 aliphatic heterocycles. The quantitative estimate of drug-likeness (QED) is 0.825. The van der Waals surface area contributed by atoms with Crippen LogP contribution in [0.2, 0.25) is 0 Å². The molecule has 1 aromatic carbocycles. The number of ketones is 1. The van der Waals surface area contributed by atoms with Crippen LogP contribution < -0.4 is 0 Å². The Hall–Kier alpha value is -2.08. The molecule has 0 amide bonds. The third kappa shape index (κ3) is 2.75. The van der Waals surface area contributed by atoms with Crippen molar-refractivity contribution in [2.45, 2.75) is 45.3 Å². The van der Waals surface area contributed by atoms with Crippen LogP contribution in [0, 0.1) is 5.41 Å². The zero-order chi connectivity index (χ0) is 17.3. The van der Waals surface area contributed by atoms with Crippen LogP contribution in [0.3, 0.4) is 0 Å². The number of Topliss-reactive ketones (excluding diaryl/α,β-unsaturated/α-hetero) is 1. The average molecular weight is 331 g/mol. The van der Waals surface area contributed by atoms with Gasteiger partial charge in [0.25, 0.3) is 0 Å². The summed E-state index contributed by atoms with van der Waals surface area (Å²) in [5.41, 5.74) is 0.224. The number of aromatic nitrogens is 3. The van der Waals surface area contributed by atoms with Crippen LogP contribution in [0.5, 0.6) is 0 Å². The largest absolute Gasteiger partial charge is 0.396 e. The monoisotopic (exact) mass is 331 g/mol. The van der Waals surface area contributed by atoms with Crippen LogP contribution in [-0.4, -0.2) is 32.3 Å². The molecule has 0 aliphatic carbocycles. The minimum atomic E-state index is -1.23. The van der Waals surface area contributed by atoms with Gasteiger partial charge in [-0.1, -0.05) is 44.2 Å². The third-order valence-corrected chi connectivity index (χ3v) is 5.04. The van der Waals surface area contributed by atoms with Gasteiger partial charge in [-0.05, 0) is 18.4 Å². The lowest BCUT2D eigenvalue weighted by Gasteiger charge is -2.24. The SMILES string of the molecule is CCC(C)(CCO)C(=O)c1nc2n(n1)[C@H](c1ccccc1)C[C@@H]2F. The van der Waals surface area contributed by atoms with E-state index < -0.39 is 11.6 Å². The van der Waals surface area contributed by atoms with E-state index in [2.05, 4.69) is 10.1 Å². The zero-order valence-corrected chi connectivity index (χ0v) is 13.9. The van der Waals surface area contributed by atoms with E-state index in [0.29, 0.717) is 12.8 Å². The first-order valence-corrected chi connectivity index (χ1v) is 8.31. The smallest absolute Gasteiger partial charge is 0.218 e. The molecule has 3 rings (SSSR count). The topological polar surface area (TPSA) is 68.0 Å². The number of fused-ring (bicyclic) bond motifs is 1. The molecule has 24 heavy (non-hydrogen) atoms. The lowest BCUT2D eigenvalue weighted by molar-refractivity contribution is 0.0745. The maximum Gasteiger partial charge on any atom is 0.218 e. The molecule has 0 saturated carbocycles. The molecule has 2 aromatic rings. The highest BCUT2D eigenvalue weighted by molar-refractivity contribution is 5.97. The van der Waals surface area contributed by atoms with Gasteiger partial charge >= 0.3 is 0 Å². The van der Waals surface area contributed by atoms with Crippen molar-refractivity contribution >= 4 is 5.78 Å². The summed E-state index contributed by atoms with van der Waals surface area (Å²) in [4.78, 5) is 17.0. The summed E-state index contributed by atoms with van der Waals surface area (Å²) < 4.78 is 15.9. The first kappa shape index (κ1) is 16.8. The van der Waals surface area contributed by atoms with Crippen molar-refractivity contribution < 1.29 is 14.3 Å². The Morgan fingerprint density at radius 2 is 2.12 bits per heavy atom. The molecule has 0 saturated heterocycles. The molecular weight excluding hydrogens is 309 g/mol. The summed E-state index contributed by atoms with van der Waals surface area (Å²) in [6.45, 7) is 3.60. The predicted molar refractivity (Wildman–Crippen MR) is 87.5 cm³/mol. The van der Waals surface area contributed by atoms with E-state index in [0.717, 1.165) is 5.56 Å². The number of nitrogens with zero attached hydrogens (tertiary/aromatic N) is 3. The summed E-state index contributed by atoms with van der Waals surface area (Å²) in [6, 6.07) is 9.33. The normalized spacial score (nSPS) is 22.2. The van der Waals surface area contributed by atoms with Gasteiger partial charge < -0.3 is 5.11 Å². The van der Waals surface area contributed by atoms with Crippen molar-refractivity contribution in [3.63, 3.8) is 0 Å². The number of alkyl halides is 1. The van der Waals surface area contributed by atoms with Gasteiger partial charge in [0.1, 0.15) is 0 Å². The fourth-order valence-corrected chi connectivity index (χ4v) is 3.20. The summed E-state index contributed by atoms with van der Waals surface area (Å²) in [5.74, 6) is 0.0284. The van der Waals surface area contributed by atoms with Crippen molar-refractivity contribution in [3.05, 3.63) is 47.5 Å². The molecule has 1 aromatic heterocycles. The standard InChI is InChI=1S/C18H22FN3O2/c1-3-18(2,9-10-23)15(24)16-20-17-13(19)11-14(22(17)21-16)12-7-5-4-6-8-12/h4-8,13-14,23H,3,9-11H2,1-2H3/t13-,14-,18?/m0/s1. The van der Waals surface area contributed by atoms with E-state index in [1.807, 2.05) is 37.3 Å². The van der Waals surface area contributed by atoms with E-state index in [1.165, 1.54) is 0 Å². The molecule has 5 nitrogen and oxygen atoms in total. The molecule has 0 fully saturated rings. The summed E-state index contributed by atoms with van der Waals surface area (Å²) >= 11 is 0. The van der Waals surface area contributed by atoms with Crippen LogP contribution in [0.15, 0.2) is 30.3 Å². The molecule has 1 unspecified atom stereocenters. The highest BCUT2D eigenvalue weighted by Crippen LogP contribution is 2.40. The maximum atomic E-state index is 14.4. The van der Waals surface area contributed by atoms with Gasteiger partial charge in [0.15, 0.2) is 12.0 Å². The van der Waals surface area contributed by atoms with Crippen LogP contribution in [0.1, 0.15) is 67.3 Å². The summed E-state index contributed by atoms with van der Waals surface area (Å²) in [5, 5.41) is 13.6. The molecule has 6 heteroatoms. The van der Waals surface area contributed by atoms with Gasteiger partial charge in [-0.3, -0.25) is 4.79 Å². The number of aliphatic hydroxyl groups excluding tert-OH is 1. The second-order valence-corrected chi connectivity index (χ2v) is 6.58. The lowest BCUT2D eigenvalue weighted by atomic mass is 9.79. The lowest BCUT2D eigenvalue weighted by Crippen LogP contribution is -2.29. The number of carbonyl (C=O) groups is 1. The number of halogens is 1. The molecule has 0 spiro atoms. The van der Waals surface area contributed by atoms with E-state index in [1.54, 1.807) is 11.6 Å². The summed E-state index contributed by atoms with van der Waals surface area (Å²) in [7, 11) is 0. The minimum absolute atomic E-state index is 0.0473. The highest BCUT2D eigenvalue weighted by Gasteiger charge is 2.39. The maximum absolute atomic E-state index is 14.4. The Bertz CT molecular complexity index is 731. The fourth-order valence-electron chi connectivity index (χ4n) is 3.20. The van der Waals surface area contributed by atoms with Gasteiger partial charge in [-0.2, -0.15) is 0 Å². The molecular formula is C18H22FN3O2. The molecule has 2 heterocycles. The third-order valence-electron chi connectivity index (χ3n) is 5.04. The van der Waals surface area contributed by atoms with Crippen LogP contribution in [-0.2, 0) is 0 Å². The number of carbonyl (C=O) groups excluding carboxylic acids is 1. The Morgan fingerprint density at radius 1 is 1.42 bits per heavy atom. The minimum Gasteiger partial charge on any atom is -0.396 e. The van der Waals surface area contributed by atoms with E-state index in [-0.39, 0.29) is 36.5 Å². The Labute approximate surface area is 140 Å². The molecule has 1 N–H and O–H groups in total. The second-order valence-electron chi connectivity index (χ2n) is 6.58. The zero-order valence-electron chi connectivity index (χ0n) is 13.9. The number of hydrogen-bond donors (Lipinski definition) is 1. The fraction of sp³-hybridized carbons (Fsp3) is 0.500. The molecule has 128 valence electrons. The van der Waals surface area contributed by atoms with Gasteiger partial charge in [0, 0.05) is 18.4 Å². The van der Waals surface area contributed by atoms with E-state index >= 15 is 0 Å². The van der Waals surface area contributed by atoms with Gasteiger partial charge in [-0.15, -0.1) is 5.10 Å². The first-order chi connectivity index (χ1) is 11.5. The summed E-state index contributed by atoms with van der Waals surface area (Å²) in [6.07, 6.45) is -0.0321. The van der Waals surface area contributed by atoms with Crippen molar-refractivity contribution in [1.82, 2.24) is 14.8 Å². The van der Waals surface area contributed by atoms with Crippen LogP contribution in [0.4, 0.5) is 4.39 Å². The van der Waals surface area contributed by atoms with Crippen molar-refractivity contribution in [3.8, 4) is 0 Å². The number of aliphatic hydroxyl groups is 1.